The minimum Gasteiger partial charge on any atom is -0.493 e. The van der Waals surface area contributed by atoms with E-state index < -0.39 is 0 Å². The van der Waals surface area contributed by atoms with Gasteiger partial charge in [0.1, 0.15) is 5.69 Å². The highest BCUT2D eigenvalue weighted by Gasteiger charge is 2.17. The van der Waals surface area contributed by atoms with Crippen molar-refractivity contribution >= 4 is 39.5 Å². The van der Waals surface area contributed by atoms with E-state index in [9.17, 15) is 9.90 Å². The van der Waals surface area contributed by atoms with Crippen molar-refractivity contribution in [3.05, 3.63) is 44.4 Å². The maximum absolute atomic E-state index is 11.8. The van der Waals surface area contributed by atoms with Crippen LogP contribution in [0.1, 0.15) is 11.3 Å². The van der Waals surface area contributed by atoms with Crippen LogP contribution in [0.3, 0.4) is 0 Å². The van der Waals surface area contributed by atoms with Crippen molar-refractivity contribution in [3.8, 4) is 5.88 Å². The van der Waals surface area contributed by atoms with E-state index in [1.807, 2.05) is 18.2 Å². The number of rotatable bonds is 1. The van der Waals surface area contributed by atoms with Crippen LogP contribution in [0.15, 0.2) is 32.5 Å². The van der Waals surface area contributed by atoms with Crippen LogP contribution in [-0.4, -0.2) is 20.5 Å². The molecule has 1 aromatic heterocycles. The van der Waals surface area contributed by atoms with Crippen LogP contribution in [0.25, 0.3) is 11.6 Å². The zero-order valence-corrected chi connectivity index (χ0v) is 12.5. The van der Waals surface area contributed by atoms with Gasteiger partial charge < -0.3 is 5.11 Å². The van der Waals surface area contributed by atoms with Gasteiger partial charge in [-0.1, -0.05) is 22.0 Å². The Balaban J connectivity index is 2.16. The number of nitrogens with zero attached hydrogens (tertiary/aromatic N) is 3. The maximum atomic E-state index is 11.8. The van der Waals surface area contributed by atoms with E-state index in [1.165, 1.54) is 16.2 Å². The molecule has 2 heterocycles. The fourth-order valence-electron chi connectivity index (χ4n) is 2.23. The lowest BCUT2D eigenvalue weighted by Crippen LogP contribution is -2.19. The number of hydrogen-bond acceptors (Lipinski definition) is 3. The van der Waals surface area contributed by atoms with Crippen molar-refractivity contribution in [2.45, 2.75) is 0 Å². The van der Waals surface area contributed by atoms with Crippen LogP contribution in [-0.2, 0) is 14.1 Å². The summed E-state index contributed by atoms with van der Waals surface area (Å²) < 4.78 is 3.58. The van der Waals surface area contributed by atoms with Crippen molar-refractivity contribution < 1.29 is 5.11 Å². The smallest absolute Gasteiger partial charge is 0.330 e. The van der Waals surface area contributed by atoms with E-state index in [-0.39, 0.29) is 11.6 Å². The predicted octanol–water partition coefficient (Wildman–Crippen LogP) is 2.45. The molecule has 5 nitrogen and oxygen atoms in total. The number of benzene rings is 1. The highest BCUT2D eigenvalue weighted by molar-refractivity contribution is 9.10. The molecule has 1 aliphatic rings. The van der Waals surface area contributed by atoms with Gasteiger partial charge in [-0.05, 0) is 18.2 Å². The van der Waals surface area contributed by atoms with Gasteiger partial charge in [-0.2, -0.15) is 0 Å². The molecule has 102 valence electrons. The molecule has 0 saturated heterocycles. The fraction of sp³-hybridized carbons (Fsp3) is 0.143. The number of aromatic hydroxyl groups is 1. The monoisotopic (exact) mass is 333 g/mol. The lowest BCUT2D eigenvalue weighted by molar-refractivity contribution is 0.428. The number of halogens is 1. The molecule has 1 N–H and O–H groups in total. The summed E-state index contributed by atoms with van der Waals surface area (Å²) in [6.07, 6.45) is 3.49. The number of aliphatic imine (C=N–C) groups is 1. The van der Waals surface area contributed by atoms with Crippen LogP contribution in [0.5, 0.6) is 5.88 Å². The second-order valence-corrected chi connectivity index (χ2v) is 5.54. The minimum absolute atomic E-state index is 0.0519. The Morgan fingerprint density at radius 1 is 1.30 bits per heavy atom. The molecule has 0 unspecified atom stereocenters. The van der Waals surface area contributed by atoms with Crippen molar-refractivity contribution in [1.29, 1.82) is 0 Å². The van der Waals surface area contributed by atoms with Crippen molar-refractivity contribution in [2.75, 3.05) is 0 Å². The third kappa shape index (κ3) is 1.84. The number of hydrogen-bond donors (Lipinski definition) is 1. The first-order chi connectivity index (χ1) is 9.49. The van der Waals surface area contributed by atoms with Crippen molar-refractivity contribution in [2.24, 2.45) is 19.1 Å². The van der Waals surface area contributed by atoms with E-state index in [0.717, 1.165) is 21.3 Å². The standard InChI is InChI=1S/C14H12BrN3O2/c1-17-12(13(19)18(2)14(17)20)5-8-7-16-11-6-9(15)3-4-10(8)11/h3-7,19H,1-2H3/b8-5+. The molecule has 20 heavy (non-hydrogen) atoms. The molecule has 1 aliphatic heterocycles. The molecule has 0 aliphatic carbocycles. The number of imidazole rings is 1. The van der Waals surface area contributed by atoms with Crippen LogP contribution in [0.2, 0.25) is 0 Å². The summed E-state index contributed by atoms with van der Waals surface area (Å²) in [6, 6.07) is 5.82. The van der Waals surface area contributed by atoms with Gasteiger partial charge in [-0.3, -0.25) is 14.1 Å². The molecule has 0 bridgehead atoms. The molecule has 1 aromatic carbocycles. The molecule has 0 saturated carbocycles. The van der Waals surface area contributed by atoms with Gasteiger partial charge in [0.2, 0.25) is 5.88 Å². The molecule has 0 spiro atoms. The molecule has 6 heteroatoms. The second kappa shape index (κ2) is 4.49. The number of aromatic nitrogens is 2. The Labute approximate surface area is 123 Å². The predicted molar refractivity (Wildman–Crippen MR) is 82.5 cm³/mol. The Hall–Kier alpha value is -2.08. The molecule has 0 fully saturated rings. The SMILES string of the molecule is Cn1c(O)c(/C=C2\C=Nc3cc(Br)ccc32)n(C)c1=O. The lowest BCUT2D eigenvalue weighted by Gasteiger charge is -2.01. The zero-order valence-electron chi connectivity index (χ0n) is 11.0. The first kappa shape index (κ1) is 12.9. The van der Waals surface area contributed by atoms with E-state index in [1.54, 1.807) is 19.3 Å². The maximum Gasteiger partial charge on any atom is 0.330 e. The van der Waals surface area contributed by atoms with Crippen LogP contribution < -0.4 is 5.69 Å². The first-order valence-corrected chi connectivity index (χ1v) is 6.78. The van der Waals surface area contributed by atoms with Crippen molar-refractivity contribution in [1.82, 2.24) is 9.13 Å². The molecular weight excluding hydrogens is 322 g/mol. The summed E-state index contributed by atoms with van der Waals surface area (Å²) in [7, 11) is 3.16. The summed E-state index contributed by atoms with van der Waals surface area (Å²) in [4.78, 5) is 16.1. The zero-order chi connectivity index (χ0) is 14.4. The quantitative estimate of drug-likeness (QED) is 0.871. The average molecular weight is 334 g/mol. The molecule has 2 aromatic rings. The lowest BCUT2D eigenvalue weighted by atomic mass is 10.1. The van der Waals surface area contributed by atoms with Gasteiger partial charge in [0.15, 0.2) is 0 Å². The van der Waals surface area contributed by atoms with Gasteiger partial charge in [0, 0.05) is 35.9 Å². The second-order valence-electron chi connectivity index (χ2n) is 4.63. The highest BCUT2D eigenvalue weighted by atomic mass is 79.9. The topological polar surface area (TPSA) is 59.5 Å². The summed E-state index contributed by atoms with van der Waals surface area (Å²) in [5.74, 6) is -0.0519. The normalized spacial score (nSPS) is 15.1. The number of fused-ring (bicyclic) bond motifs is 1. The van der Waals surface area contributed by atoms with Crippen LogP contribution in [0.4, 0.5) is 5.69 Å². The largest absolute Gasteiger partial charge is 0.493 e. The molecule has 0 amide bonds. The Bertz CT molecular complexity index is 828. The molecule has 3 rings (SSSR count). The van der Waals surface area contributed by atoms with Crippen LogP contribution in [0, 0.1) is 0 Å². The third-order valence-corrected chi connectivity index (χ3v) is 3.88. The summed E-state index contributed by atoms with van der Waals surface area (Å²) in [6.45, 7) is 0. The van der Waals surface area contributed by atoms with Gasteiger partial charge in [0.25, 0.3) is 0 Å². The Morgan fingerprint density at radius 3 is 2.70 bits per heavy atom. The van der Waals surface area contributed by atoms with Gasteiger partial charge in [0.05, 0.1) is 5.69 Å². The van der Waals surface area contributed by atoms with Crippen LogP contribution >= 0.6 is 15.9 Å². The summed E-state index contributed by atoms with van der Waals surface area (Å²) >= 11 is 3.41. The van der Waals surface area contributed by atoms with E-state index in [4.69, 9.17) is 0 Å². The molecule has 0 radical (unpaired) electrons. The highest BCUT2D eigenvalue weighted by Crippen LogP contribution is 2.35. The van der Waals surface area contributed by atoms with E-state index >= 15 is 0 Å². The first-order valence-electron chi connectivity index (χ1n) is 5.99. The van der Waals surface area contributed by atoms with E-state index in [0.29, 0.717) is 5.69 Å². The Morgan fingerprint density at radius 2 is 2.05 bits per heavy atom. The van der Waals surface area contributed by atoms with E-state index in [2.05, 4.69) is 20.9 Å². The molecular formula is C14H12BrN3O2. The average Bonchev–Trinajstić information content (AvgIpc) is 2.90. The van der Waals surface area contributed by atoms with Gasteiger partial charge >= 0.3 is 5.69 Å². The van der Waals surface area contributed by atoms with Gasteiger partial charge in [-0.25, -0.2) is 4.79 Å². The number of allylic oxidation sites excluding steroid dienone is 1. The Kier molecular flexibility index (Phi) is 2.90. The van der Waals surface area contributed by atoms with Crippen molar-refractivity contribution in [3.63, 3.8) is 0 Å². The summed E-state index contributed by atoms with van der Waals surface area (Å²) in [5.41, 5.74) is 2.91. The summed E-state index contributed by atoms with van der Waals surface area (Å²) in [5, 5.41) is 10.00. The van der Waals surface area contributed by atoms with Gasteiger partial charge in [-0.15, -0.1) is 0 Å². The molecule has 0 atom stereocenters. The third-order valence-electron chi connectivity index (χ3n) is 3.39. The minimum atomic E-state index is -0.264. The fourth-order valence-corrected chi connectivity index (χ4v) is 2.58.